The molecule has 0 saturated carbocycles. The highest BCUT2D eigenvalue weighted by Crippen LogP contribution is 2.28. The summed E-state index contributed by atoms with van der Waals surface area (Å²) in [5, 5.41) is 0. The molecule has 1 fully saturated rings. The molecule has 4 rings (SSSR count). The molecule has 1 aliphatic heterocycles. The maximum absolute atomic E-state index is 13.1. The summed E-state index contributed by atoms with van der Waals surface area (Å²) in [7, 11) is 0. The number of halogens is 1. The van der Waals surface area contributed by atoms with E-state index in [0.29, 0.717) is 17.3 Å². The van der Waals surface area contributed by atoms with E-state index in [9.17, 15) is 4.39 Å². The first-order valence-corrected chi connectivity index (χ1v) is 9.14. The lowest BCUT2D eigenvalue weighted by atomic mass is 10.2. The molecule has 0 aliphatic carbocycles. The van der Waals surface area contributed by atoms with E-state index in [1.807, 2.05) is 30.3 Å². The molecule has 0 atom stereocenters. The number of hydrazine groups is 1. The van der Waals surface area contributed by atoms with Crippen molar-refractivity contribution in [2.45, 2.75) is 0 Å². The van der Waals surface area contributed by atoms with E-state index < -0.39 is 0 Å². The van der Waals surface area contributed by atoms with Crippen molar-refractivity contribution in [3.05, 3.63) is 66.7 Å². The van der Waals surface area contributed by atoms with Crippen LogP contribution in [0.15, 0.2) is 60.9 Å². The second-order valence-electron chi connectivity index (χ2n) is 6.53. The first kappa shape index (κ1) is 17.8. The van der Waals surface area contributed by atoms with E-state index >= 15 is 0 Å². The molecule has 2 aromatic carbocycles. The maximum atomic E-state index is 13.1. The number of hydrogen-bond acceptors (Lipinski definition) is 7. The molecule has 1 saturated heterocycles. The molecule has 1 aromatic heterocycles. The smallest absolute Gasteiger partial charge is 0.173 e. The number of aromatic nitrogens is 2. The quantitative estimate of drug-likeness (QED) is 0.588. The van der Waals surface area contributed by atoms with Gasteiger partial charge in [0.25, 0.3) is 0 Å². The lowest BCUT2D eigenvalue weighted by molar-refractivity contribution is 0.624. The fourth-order valence-corrected chi connectivity index (χ4v) is 3.22. The van der Waals surface area contributed by atoms with Crippen molar-refractivity contribution in [2.75, 3.05) is 52.6 Å². The van der Waals surface area contributed by atoms with Gasteiger partial charge in [-0.3, -0.25) is 10.9 Å². The SMILES string of the molecule is Nc1c(NNc2ccccc2)ncnc1N1CCN(c2ccc(F)cc2)CC1. The Morgan fingerprint density at radius 2 is 1.50 bits per heavy atom. The Morgan fingerprint density at radius 1 is 0.821 bits per heavy atom. The minimum absolute atomic E-state index is 0.222. The van der Waals surface area contributed by atoms with E-state index in [4.69, 9.17) is 5.73 Å². The normalized spacial score (nSPS) is 14.0. The van der Waals surface area contributed by atoms with E-state index in [2.05, 4.69) is 30.6 Å². The van der Waals surface area contributed by atoms with Crippen LogP contribution in [0.5, 0.6) is 0 Å². The highest BCUT2D eigenvalue weighted by Gasteiger charge is 2.21. The molecule has 3 aromatic rings. The van der Waals surface area contributed by atoms with Crippen LogP contribution in [0.3, 0.4) is 0 Å². The lowest BCUT2D eigenvalue weighted by Crippen LogP contribution is -2.47. The number of piperazine rings is 1. The third-order valence-electron chi connectivity index (χ3n) is 4.73. The standard InChI is InChI=1S/C20H22FN7/c21-15-6-8-17(9-7-15)27-10-12-28(13-11-27)20-18(22)19(23-14-24-20)26-25-16-4-2-1-3-5-16/h1-9,14,25H,10-13,22H2,(H,23,24,26). The van der Waals surface area contributed by atoms with Gasteiger partial charge in [0, 0.05) is 31.9 Å². The fraction of sp³-hybridized carbons (Fsp3) is 0.200. The molecule has 0 spiro atoms. The number of rotatable bonds is 5. The fourth-order valence-electron chi connectivity index (χ4n) is 3.22. The Labute approximate surface area is 163 Å². The Bertz CT molecular complexity index is 910. The Kier molecular flexibility index (Phi) is 5.09. The zero-order chi connectivity index (χ0) is 19.3. The van der Waals surface area contributed by atoms with Crippen LogP contribution in [0.25, 0.3) is 0 Å². The summed E-state index contributed by atoms with van der Waals surface area (Å²) in [5.41, 5.74) is 14.9. The Morgan fingerprint density at radius 3 is 2.21 bits per heavy atom. The van der Waals surface area contributed by atoms with Crippen molar-refractivity contribution >= 4 is 28.7 Å². The molecule has 1 aliphatic rings. The number of anilines is 5. The number of nitrogen functional groups attached to an aromatic ring is 1. The molecule has 2 heterocycles. The number of nitrogens with zero attached hydrogens (tertiary/aromatic N) is 4. The maximum Gasteiger partial charge on any atom is 0.173 e. The summed E-state index contributed by atoms with van der Waals surface area (Å²) in [4.78, 5) is 13.0. The molecule has 0 bridgehead atoms. The van der Waals surface area contributed by atoms with Gasteiger partial charge in [-0.25, -0.2) is 14.4 Å². The number of hydrogen-bond donors (Lipinski definition) is 3. The topological polar surface area (TPSA) is 82.3 Å². The van der Waals surface area contributed by atoms with Crippen LogP contribution in [-0.4, -0.2) is 36.1 Å². The van der Waals surface area contributed by atoms with E-state index in [-0.39, 0.29) is 5.82 Å². The first-order chi connectivity index (χ1) is 13.7. The zero-order valence-corrected chi connectivity index (χ0v) is 15.3. The van der Waals surface area contributed by atoms with E-state index in [1.54, 1.807) is 12.1 Å². The molecule has 28 heavy (non-hydrogen) atoms. The minimum Gasteiger partial charge on any atom is -0.393 e. The van der Waals surface area contributed by atoms with Crippen LogP contribution in [0.1, 0.15) is 0 Å². The highest BCUT2D eigenvalue weighted by atomic mass is 19.1. The van der Waals surface area contributed by atoms with Crippen molar-refractivity contribution in [3.8, 4) is 0 Å². The summed E-state index contributed by atoms with van der Waals surface area (Å²) in [6.45, 7) is 3.15. The summed E-state index contributed by atoms with van der Waals surface area (Å²) >= 11 is 0. The predicted molar refractivity (Wildman–Crippen MR) is 111 cm³/mol. The number of benzene rings is 2. The van der Waals surface area contributed by atoms with Gasteiger partial charge >= 0.3 is 0 Å². The number of para-hydroxylation sites is 1. The molecule has 0 radical (unpaired) electrons. The Balaban J connectivity index is 1.41. The molecule has 7 nitrogen and oxygen atoms in total. The predicted octanol–water partition coefficient (Wildman–Crippen LogP) is 2.96. The van der Waals surface area contributed by atoms with Gasteiger partial charge < -0.3 is 15.5 Å². The summed E-state index contributed by atoms with van der Waals surface area (Å²) < 4.78 is 13.1. The van der Waals surface area contributed by atoms with E-state index in [1.165, 1.54) is 18.5 Å². The van der Waals surface area contributed by atoms with Crippen molar-refractivity contribution in [2.24, 2.45) is 0 Å². The Hall–Kier alpha value is -3.55. The van der Waals surface area contributed by atoms with Gasteiger partial charge in [-0.2, -0.15) is 0 Å². The van der Waals surface area contributed by atoms with Crippen molar-refractivity contribution in [3.63, 3.8) is 0 Å². The summed E-state index contributed by atoms with van der Waals surface area (Å²) in [6.07, 6.45) is 1.51. The molecule has 8 heteroatoms. The van der Waals surface area contributed by atoms with Crippen LogP contribution in [-0.2, 0) is 0 Å². The van der Waals surface area contributed by atoms with Crippen LogP contribution in [0.4, 0.5) is 33.1 Å². The van der Waals surface area contributed by atoms with Gasteiger partial charge in [-0.1, -0.05) is 18.2 Å². The number of nitrogens with one attached hydrogen (secondary N) is 2. The largest absolute Gasteiger partial charge is 0.393 e. The third kappa shape index (κ3) is 3.90. The van der Waals surface area contributed by atoms with Crippen molar-refractivity contribution in [1.29, 1.82) is 0 Å². The summed E-state index contributed by atoms with van der Waals surface area (Å²) in [6, 6.07) is 16.3. The van der Waals surface area contributed by atoms with Gasteiger partial charge in [0.1, 0.15) is 17.8 Å². The second kappa shape index (κ2) is 7.99. The van der Waals surface area contributed by atoms with Gasteiger partial charge in [0.15, 0.2) is 11.6 Å². The molecular weight excluding hydrogens is 357 g/mol. The second-order valence-corrected chi connectivity index (χ2v) is 6.53. The monoisotopic (exact) mass is 379 g/mol. The minimum atomic E-state index is -0.222. The summed E-state index contributed by atoms with van der Waals surface area (Å²) in [5.74, 6) is 1.03. The molecule has 0 unspecified atom stereocenters. The van der Waals surface area contributed by atoms with Crippen molar-refractivity contribution < 1.29 is 4.39 Å². The third-order valence-corrected chi connectivity index (χ3v) is 4.73. The average molecular weight is 379 g/mol. The average Bonchev–Trinajstić information content (AvgIpc) is 2.75. The van der Waals surface area contributed by atoms with Crippen LogP contribution < -0.4 is 26.4 Å². The van der Waals surface area contributed by atoms with Gasteiger partial charge in [-0.05, 0) is 36.4 Å². The van der Waals surface area contributed by atoms with Crippen molar-refractivity contribution in [1.82, 2.24) is 9.97 Å². The van der Waals surface area contributed by atoms with Crippen LogP contribution >= 0.6 is 0 Å². The molecule has 4 N–H and O–H groups in total. The molecule has 144 valence electrons. The first-order valence-electron chi connectivity index (χ1n) is 9.14. The molecular formula is C20H22FN7. The van der Waals surface area contributed by atoms with Crippen LogP contribution in [0, 0.1) is 5.82 Å². The lowest BCUT2D eigenvalue weighted by Gasteiger charge is -2.37. The van der Waals surface area contributed by atoms with E-state index in [0.717, 1.165) is 37.6 Å². The number of nitrogens with two attached hydrogens (primary N) is 1. The van der Waals surface area contributed by atoms with Gasteiger partial charge in [0.05, 0.1) is 5.69 Å². The zero-order valence-electron chi connectivity index (χ0n) is 15.3. The van der Waals surface area contributed by atoms with Gasteiger partial charge in [0.2, 0.25) is 0 Å². The van der Waals surface area contributed by atoms with Crippen LogP contribution in [0.2, 0.25) is 0 Å². The molecule has 0 amide bonds. The highest BCUT2D eigenvalue weighted by molar-refractivity contribution is 5.76. The van der Waals surface area contributed by atoms with Gasteiger partial charge in [-0.15, -0.1) is 0 Å².